The molecule has 1 N–H and O–H groups in total. The van der Waals surface area contributed by atoms with E-state index in [-0.39, 0.29) is 0 Å². The van der Waals surface area contributed by atoms with Gasteiger partial charge in [0.1, 0.15) is 10.8 Å². The fourth-order valence-corrected chi connectivity index (χ4v) is 3.82. The molecule has 0 saturated carbocycles. The molecule has 1 aliphatic rings. The minimum Gasteiger partial charge on any atom is -0.370 e. The van der Waals surface area contributed by atoms with Crippen LogP contribution in [0, 0.1) is 0 Å². The molecule has 0 bridgehead atoms. The van der Waals surface area contributed by atoms with Crippen LogP contribution in [0.4, 0.5) is 11.5 Å². The van der Waals surface area contributed by atoms with E-state index in [2.05, 4.69) is 42.8 Å². The third kappa shape index (κ3) is 3.82. The molecule has 0 aromatic carbocycles. The van der Waals surface area contributed by atoms with Crippen molar-refractivity contribution in [1.82, 2.24) is 19.7 Å². The molecule has 25 heavy (non-hydrogen) atoms. The number of aromatic nitrogens is 4. The van der Waals surface area contributed by atoms with Crippen molar-refractivity contribution in [1.29, 1.82) is 0 Å². The SMILES string of the molecule is Cn1cc(-c2csc(CNc3ccc(N4CCCCC4)cn3)n2)cn1. The summed E-state index contributed by atoms with van der Waals surface area (Å²) >= 11 is 1.65. The van der Waals surface area contributed by atoms with Gasteiger partial charge in [-0.1, -0.05) is 0 Å². The largest absolute Gasteiger partial charge is 0.370 e. The van der Waals surface area contributed by atoms with Crippen molar-refractivity contribution in [3.8, 4) is 11.3 Å². The number of nitrogens with zero attached hydrogens (tertiary/aromatic N) is 5. The van der Waals surface area contributed by atoms with Gasteiger partial charge >= 0.3 is 0 Å². The van der Waals surface area contributed by atoms with Crippen LogP contribution in [0.5, 0.6) is 0 Å². The van der Waals surface area contributed by atoms with Crippen molar-refractivity contribution in [2.75, 3.05) is 23.3 Å². The molecular weight excluding hydrogens is 332 g/mol. The van der Waals surface area contributed by atoms with Crippen LogP contribution in [0.3, 0.4) is 0 Å². The van der Waals surface area contributed by atoms with E-state index in [4.69, 9.17) is 0 Å². The van der Waals surface area contributed by atoms with Crippen LogP contribution < -0.4 is 10.2 Å². The summed E-state index contributed by atoms with van der Waals surface area (Å²) in [6.07, 6.45) is 9.70. The van der Waals surface area contributed by atoms with Gasteiger partial charge in [-0.15, -0.1) is 11.3 Å². The van der Waals surface area contributed by atoms with Crippen LogP contribution in [0.2, 0.25) is 0 Å². The highest BCUT2D eigenvalue weighted by molar-refractivity contribution is 7.09. The molecule has 0 radical (unpaired) electrons. The third-order valence-corrected chi connectivity index (χ3v) is 5.29. The molecule has 4 rings (SSSR count). The lowest BCUT2D eigenvalue weighted by atomic mass is 10.1. The third-order valence-electron chi connectivity index (χ3n) is 4.44. The summed E-state index contributed by atoms with van der Waals surface area (Å²) in [5.74, 6) is 0.888. The molecule has 0 spiro atoms. The molecule has 130 valence electrons. The predicted molar refractivity (Wildman–Crippen MR) is 102 cm³/mol. The van der Waals surface area contributed by atoms with Gasteiger partial charge in [-0.3, -0.25) is 4.68 Å². The number of nitrogens with one attached hydrogen (secondary N) is 1. The predicted octanol–water partition coefficient (Wildman–Crippen LogP) is 3.54. The van der Waals surface area contributed by atoms with Crippen LogP contribution in [0.15, 0.2) is 36.1 Å². The highest BCUT2D eigenvalue weighted by Gasteiger charge is 2.11. The Bertz CT molecular complexity index is 816. The Kier molecular flexibility index (Phi) is 4.65. The Hall–Kier alpha value is -2.41. The van der Waals surface area contributed by atoms with Crippen molar-refractivity contribution >= 4 is 22.8 Å². The number of rotatable bonds is 5. The van der Waals surface area contributed by atoms with E-state index in [9.17, 15) is 0 Å². The minimum absolute atomic E-state index is 0.682. The van der Waals surface area contributed by atoms with Gasteiger partial charge in [0.2, 0.25) is 0 Å². The molecule has 6 nitrogen and oxygen atoms in total. The second kappa shape index (κ2) is 7.23. The standard InChI is InChI=1S/C18H22N6S/c1-23-12-14(9-21-23)16-13-25-18(22-16)11-20-17-6-5-15(10-19-17)24-7-3-2-4-8-24/h5-6,9-10,12-13H,2-4,7-8,11H2,1H3,(H,19,20). The highest BCUT2D eigenvalue weighted by Crippen LogP contribution is 2.23. The topological polar surface area (TPSA) is 58.9 Å². The zero-order valence-corrected chi connectivity index (χ0v) is 15.2. The summed E-state index contributed by atoms with van der Waals surface area (Å²) in [6, 6.07) is 4.21. The van der Waals surface area contributed by atoms with Crippen molar-refractivity contribution in [2.24, 2.45) is 7.05 Å². The Morgan fingerprint density at radius 2 is 2.04 bits per heavy atom. The summed E-state index contributed by atoms with van der Waals surface area (Å²) < 4.78 is 1.79. The molecule has 1 fully saturated rings. The number of piperidine rings is 1. The molecule has 3 aromatic heterocycles. The maximum Gasteiger partial charge on any atom is 0.126 e. The van der Waals surface area contributed by atoms with Gasteiger partial charge in [-0.25, -0.2) is 9.97 Å². The zero-order chi connectivity index (χ0) is 17.1. The van der Waals surface area contributed by atoms with Crippen LogP contribution >= 0.6 is 11.3 Å². The average molecular weight is 354 g/mol. The van der Waals surface area contributed by atoms with Gasteiger partial charge in [0.25, 0.3) is 0 Å². The van der Waals surface area contributed by atoms with Crippen molar-refractivity contribution < 1.29 is 0 Å². The maximum absolute atomic E-state index is 4.67. The Morgan fingerprint density at radius 1 is 1.16 bits per heavy atom. The number of pyridine rings is 1. The van der Waals surface area contributed by atoms with Gasteiger partial charge in [-0.05, 0) is 31.4 Å². The van der Waals surface area contributed by atoms with Gasteiger partial charge in [0.05, 0.1) is 30.3 Å². The number of thiazole rings is 1. The van der Waals surface area contributed by atoms with Gasteiger partial charge in [0.15, 0.2) is 0 Å². The highest BCUT2D eigenvalue weighted by atomic mass is 32.1. The van der Waals surface area contributed by atoms with Gasteiger partial charge < -0.3 is 10.2 Å². The fraction of sp³-hybridized carbons (Fsp3) is 0.389. The Morgan fingerprint density at radius 3 is 2.76 bits per heavy atom. The molecule has 1 aliphatic heterocycles. The number of aryl methyl sites for hydroxylation is 1. The summed E-state index contributed by atoms with van der Waals surface area (Å²) in [4.78, 5) is 11.6. The molecule has 0 unspecified atom stereocenters. The lowest BCUT2D eigenvalue weighted by molar-refractivity contribution is 0.577. The fourth-order valence-electron chi connectivity index (χ4n) is 3.07. The smallest absolute Gasteiger partial charge is 0.126 e. The molecule has 0 amide bonds. The van der Waals surface area contributed by atoms with Gasteiger partial charge in [0, 0.05) is 37.3 Å². The quantitative estimate of drug-likeness (QED) is 0.759. The first-order valence-corrected chi connectivity index (χ1v) is 9.54. The Balaban J connectivity index is 1.36. The van der Waals surface area contributed by atoms with E-state index in [1.54, 1.807) is 16.0 Å². The van der Waals surface area contributed by atoms with Gasteiger partial charge in [-0.2, -0.15) is 5.10 Å². The maximum atomic E-state index is 4.67. The number of hydrogen-bond acceptors (Lipinski definition) is 6. The van der Waals surface area contributed by atoms with E-state index in [0.717, 1.165) is 35.2 Å². The lowest BCUT2D eigenvalue weighted by Crippen LogP contribution is -2.29. The first kappa shape index (κ1) is 16.1. The second-order valence-electron chi connectivity index (χ2n) is 6.33. The van der Waals surface area contributed by atoms with E-state index < -0.39 is 0 Å². The minimum atomic E-state index is 0.682. The summed E-state index contributed by atoms with van der Waals surface area (Å²) in [5, 5.41) is 10.7. The van der Waals surface area contributed by atoms with Crippen molar-refractivity contribution in [2.45, 2.75) is 25.8 Å². The molecule has 1 saturated heterocycles. The van der Waals surface area contributed by atoms with E-state index in [1.165, 1.54) is 24.9 Å². The van der Waals surface area contributed by atoms with E-state index >= 15 is 0 Å². The van der Waals surface area contributed by atoms with Crippen LogP contribution in [0.25, 0.3) is 11.3 Å². The molecule has 4 heterocycles. The number of anilines is 2. The molecule has 0 atom stereocenters. The first-order valence-electron chi connectivity index (χ1n) is 8.66. The van der Waals surface area contributed by atoms with Crippen LogP contribution in [0.1, 0.15) is 24.3 Å². The van der Waals surface area contributed by atoms with Crippen molar-refractivity contribution in [3.63, 3.8) is 0 Å². The van der Waals surface area contributed by atoms with Crippen molar-refractivity contribution in [3.05, 3.63) is 41.1 Å². The first-order chi connectivity index (χ1) is 12.3. The van der Waals surface area contributed by atoms with Crippen LogP contribution in [-0.4, -0.2) is 32.8 Å². The van der Waals surface area contributed by atoms with E-state index in [0.29, 0.717) is 6.54 Å². The molecular formula is C18H22N6S. The lowest BCUT2D eigenvalue weighted by Gasteiger charge is -2.28. The summed E-state index contributed by atoms with van der Waals surface area (Å²) in [5.41, 5.74) is 3.25. The summed E-state index contributed by atoms with van der Waals surface area (Å²) in [7, 11) is 1.91. The normalized spacial score (nSPS) is 14.7. The number of hydrogen-bond donors (Lipinski definition) is 1. The van der Waals surface area contributed by atoms with E-state index in [1.807, 2.05) is 25.6 Å². The monoisotopic (exact) mass is 354 g/mol. The second-order valence-corrected chi connectivity index (χ2v) is 7.27. The molecule has 0 aliphatic carbocycles. The molecule has 7 heteroatoms. The molecule has 3 aromatic rings. The zero-order valence-electron chi connectivity index (χ0n) is 14.4. The Labute approximate surface area is 151 Å². The summed E-state index contributed by atoms with van der Waals surface area (Å²) in [6.45, 7) is 2.97. The average Bonchev–Trinajstić information content (AvgIpc) is 3.30. The van der Waals surface area contributed by atoms with Crippen LogP contribution in [-0.2, 0) is 13.6 Å².